The van der Waals surface area contributed by atoms with Gasteiger partial charge in [-0.15, -0.1) is 0 Å². The van der Waals surface area contributed by atoms with Crippen LogP contribution in [0.25, 0.3) is 10.9 Å². The Labute approximate surface area is 162 Å². The van der Waals surface area contributed by atoms with Crippen LogP contribution in [0, 0.1) is 4.51 Å². The van der Waals surface area contributed by atoms with Gasteiger partial charge in [-0.25, -0.2) is 0 Å². The lowest BCUT2D eigenvalue weighted by atomic mass is 10.0. The molecule has 3 heterocycles. The standard InChI is InChI=1S/C18H21N3O3S2/c19-18(26)14-9-21-8-12(10-22)24-15-6-11(5-13(16(15)21)17(14)25)7-20-1-3-23-4-2-20/h5-6,9,12,22H,1-4,7-8,10H2,(H2,19,26). The maximum Gasteiger partial charge on any atom is 0.144 e. The van der Waals surface area contributed by atoms with Crippen LogP contribution in [0.2, 0.25) is 0 Å². The zero-order valence-corrected chi connectivity index (χ0v) is 15.9. The molecule has 1 unspecified atom stereocenters. The molecule has 2 aliphatic rings. The van der Waals surface area contributed by atoms with Gasteiger partial charge in [0, 0.05) is 36.8 Å². The number of nitrogens with zero attached hydrogens (tertiary/aromatic N) is 2. The first-order chi connectivity index (χ1) is 12.6. The van der Waals surface area contributed by atoms with Gasteiger partial charge in [-0.3, -0.25) is 4.90 Å². The third kappa shape index (κ3) is 3.23. The van der Waals surface area contributed by atoms with Crippen molar-refractivity contribution in [3.8, 4) is 5.75 Å². The Morgan fingerprint density at radius 1 is 1.31 bits per heavy atom. The molecule has 6 nitrogen and oxygen atoms in total. The van der Waals surface area contributed by atoms with Crippen LogP contribution in [0.3, 0.4) is 0 Å². The minimum absolute atomic E-state index is 0.0559. The summed E-state index contributed by atoms with van der Waals surface area (Å²) in [5.74, 6) is 0.747. The van der Waals surface area contributed by atoms with Gasteiger partial charge in [0.2, 0.25) is 0 Å². The predicted octanol–water partition coefficient (Wildman–Crippen LogP) is 1.59. The highest BCUT2D eigenvalue weighted by Crippen LogP contribution is 2.34. The normalized spacial score (nSPS) is 20.1. The van der Waals surface area contributed by atoms with Crippen LogP contribution in [-0.4, -0.2) is 58.6 Å². The van der Waals surface area contributed by atoms with Gasteiger partial charge >= 0.3 is 0 Å². The van der Waals surface area contributed by atoms with Crippen molar-refractivity contribution in [2.24, 2.45) is 5.73 Å². The van der Waals surface area contributed by atoms with Crippen molar-refractivity contribution in [3.05, 3.63) is 34.0 Å². The van der Waals surface area contributed by atoms with Gasteiger partial charge in [0.25, 0.3) is 0 Å². The second-order valence-corrected chi connectivity index (χ2v) is 7.54. The quantitative estimate of drug-likeness (QED) is 0.767. The van der Waals surface area contributed by atoms with Crippen molar-refractivity contribution in [1.82, 2.24) is 9.47 Å². The molecule has 2 aliphatic heterocycles. The van der Waals surface area contributed by atoms with Crippen LogP contribution in [0.15, 0.2) is 18.3 Å². The fourth-order valence-corrected chi connectivity index (χ4v) is 4.15. The monoisotopic (exact) mass is 391 g/mol. The largest absolute Gasteiger partial charge is 0.484 e. The van der Waals surface area contributed by atoms with Crippen LogP contribution in [0.5, 0.6) is 5.75 Å². The molecule has 0 spiro atoms. The number of morpholine rings is 1. The number of hydrogen-bond acceptors (Lipinski definition) is 6. The van der Waals surface area contributed by atoms with Crippen molar-refractivity contribution in [3.63, 3.8) is 0 Å². The molecule has 0 radical (unpaired) electrons. The maximum atomic E-state index is 9.60. The summed E-state index contributed by atoms with van der Waals surface area (Å²) in [5.41, 5.74) is 8.63. The van der Waals surface area contributed by atoms with E-state index < -0.39 is 0 Å². The fourth-order valence-electron chi connectivity index (χ4n) is 3.61. The van der Waals surface area contributed by atoms with E-state index in [1.54, 1.807) is 0 Å². The molecule has 1 aromatic heterocycles. The van der Waals surface area contributed by atoms with Crippen molar-refractivity contribution in [2.45, 2.75) is 19.2 Å². The molecule has 2 aromatic rings. The van der Waals surface area contributed by atoms with Crippen molar-refractivity contribution < 1.29 is 14.6 Å². The molecule has 138 valence electrons. The topological polar surface area (TPSA) is 72.9 Å². The fraction of sp³-hybridized carbons (Fsp3) is 0.444. The number of rotatable bonds is 4. The highest BCUT2D eigenvalue weighted by atomic mass is 32.1. The number of aromatic nitrogens is 1. The number of pyridine rings is 1. The highest BCUT2D eigenvalue weighted by Gasteiger charge is 2.24. The lowest BCUT2D eigenvalue weighted by Crippen LogP contribution is -2.36. The van der Waals surface area contributed by atoms with Gasteiger partial charge in [-0.05, 0) is 17.7 Å². The van der Waals surface area contributed by atoms with E-state index in [-0.39, 0.29) is 17.7 Å². The number of benzene rings is 1. The van der Waals surface area contributed by atoms with Gasteiger partial charge in [0.05, 0.1) is 36.4 Å². The Morgan fingerprint density at radius 3 is 2.77 bits per heavy atom. The lowest BCUT2D eigenvalue weighted by molar-refractivity contribution is 0.0341. The smallest absolute Gasteiger partial charge is 0.144 e. The first-order valence-electron chi connectivity index (χ1n) is 8.64. The number of aliphatic hydroxyl groups excluding tert-OH is 1. The Bertz CT molecular complexity index is 922. The van der Waals surface area contributed by atoms with Gasteiger partial charge in [-0.1, -0.05) is 24.4 Å². The summed E-state index contributed by atoms with van der Waals surface area (Å²) in [6, 6.07) is 4.16. The molecule has 1 saturated heterocycles. The second kappa shape index (κ2) is 7.21. The molecule has 1 aromatic carbocycles. The van der Waals surface area contributed by atoms with E-state index in [9.17, 15) is 5.11 Å². The van der Waals surface area contributed by atoms with E-state index in [1.165, 1.54) is 0 Å². The third-order valence-electron chi connectivity index (χ3n) is 4.87. The Hall–Kier alpha value is -1.58. The van der Waals surface area contributed by atoms with Crippen LogP contribution in [0.1, 0.15) is 11.1 Å². The van der Waals surface area contributed by atoms with Crippen LogP contribution in [0.4, 0.5) is 0 Å². The minimum atomic E-state index is -0.301. The summed E-state index contributed by atoms with van der Waals surface area (Å²) in [6.07, 6.45) is 1.58. The average molecular weight is 392 g/mol. The van der Waals surface area contributed by atoms with Crippen molar-refractivity contribution in [2.75, 3.05) is 32.9 Å². The van der Waals surface area contributed by atoms with Gasteiger partial charge in [-0.2, -0.15) is 0 Å². The Kier molecular flexibility index (Phi) is 4.94. The molecule has 4 rings (SSSR count). The molecule has 1 fully saturated rings. The van der Waals surface area contributed by atoms with Gasteiger partial charge < -0.3 is 24.9 Å². The Balaban J connectivity index is 1.85. The van der Waals surface area contributed by atoms with Gasteiger partial charge in [0.15, 0.2) is 0 Å². The summed E-state index contributed by atoms with van der Waals surface area (Å²) in [5, 5.41) is 10.5. The van der Waals surface area contributed by atoms with E-state index >= 15 is 0 Å². The molecule has 26 heavy (non-hydrogen) atoms. The number of thiocarbonyl (C=S) groups is 1. The molecule has 0 saturated carbocycles. The summed E-state index contributed by atoms with van der Waals surface area (Å²) in [6.45, 7) is 4.59. The molecule has 3 N–H and O–H groups in total. The maximum absolute atomic E-state index is 9.60. The number of hydrogen-bond donors (Lipinski definition) is 2. The summed E-state index contributed by atoms with van der Waals surface area (Å²) in [4.78, 5) is 2.63. The second-order valence-electron chi connectivity index (χ2n) is 6.69. The molecule has 0 bridgehead atoms. The molecule has 0 aliphatic carbocycles. The van der Waals surface area contributed by atoms with Crippen LogP contribution in [-0.2, 0) is 17.8 Å². The lowest BCUT2D eigenvalue weighted by Gasteiger charge is -2.30. The van der Waals surface area contributed by atoms with Crippen LogP contribution >= 0.6 is 24.4 Å². The zero-order chi connectivity index (χ0) is 18.3. The minimum Gasteiger partial charge on any atom is -0.484 e. The highest BCUT2D eigenvalue weighted by molar-refractivity contribution is 7.80. The zero-order valence-electron chi connectivity index (χ0n) is 14.3. The summed E-state index contributed by atoms with van der Waals surface area (Å²) < 4.78 is 14.1. The van der Waals surface area contributed by atoms with Crippen molar-refractivity contribution in [1.29, 1.82) is 0 Å². The van der Waals surface area contributed by atoms with Crippen molar-refractivity contribution >= 4 is 40.3 Å². The number of aliphatic hydroxyl groups is 1. The number of ether oxygens (including phenoxy) is 2. The molecular weight excluding hydrogens is 370 g/mol. The molecule has 0 amide bonds. The predicted molar refractivity (Wildman–Crippen MR) is 106 cm³/mol. The third-order valence-corrected chi connectivity index (χ3v) is 5.53. The molecule has 8 heteroatoms. The van der Waals surface area contributed by atoms with E-state index in [1.807, 2.05) is 16.8 Å². The van der Waals surface area contributed by atoms with E-state index in [2.05, 4.69) is 11.0 Å². The first kappa shape index (κ1) is 17.8. The van der Waals surface area contributed by atoms with Gasteiger partial charge in [0.1, 0.15) is 16.8 Å². The summed E-state index contributed by atoms with van der Waals surface area (Å²) in [7, 11) is 0. The first-order valence-corrected chi connectivity index (χ1v) is 9.46. The Morgan fingerprint density at radius 2 is 2.08 bits per heavy atom. The van der Waals surface area contributed by atoms with E-state index in [4.69, 9.17) is 39.6 Å². The van der Waals surface area contributed by atoms with E-state index in [0.29, 0.717) is 16.6 Å². The summed E-state index contributed by atoms with van der Waals surface area (Å²) >= 11 is 10.9. The number of nitrogens with two attached hydrogens (primary N) is 1. The van der Waals surface area contributed by atoms with E-state index in [0.717, 1.165) is 55.1 Å². The average Bonchev–Trinajstić information content (AvgIpc) is 2.64. The van der Waals surface area contributed by atoms with Crippen LogP contribution < -0.4 is 10.5 Å². The molecular formula is C18H21N3O3S2. The SMILES string of the molecule is NC(=S)c1cn2c3c(cc(CN4CCOCC4)cc3c1=S)OC(CO)C2. The molecule has 1 atom stereocenters.